The Bertz CT molecular complexity index is 277. The molecule has 1 nitrogen and oxygen atoms in total. The number of hydrogen-bond acceptors (Lipinski definition) is 1. The topological polar surface area (TPSA) is 20.2 Å². The van der Waals surface area contributed by atoms with Gasteiger partial charge < -0.3 is 5.11 Å². The zero-order valence-electron chi connectivity index (χ0n) is 7.41. The van der Waals surface area contributed by atoms with Crippen molar-refractivity contribution in [3.63, 3.8) is 0 Å². The van der Waals surface area contributed by atoms with Crippen LogP contribution in [0, 0.1) is 5.92 Å². The van der Waals surface area contributed by atoms with Gasteiger partial charge in [-0.2, -0.15) is 0 Å². The molecule has 13 heavy (non-hydrogen) atoms. The highest BCUT2D eigenvalue weighted by Gasteiger charge is 2.26. The fourth-order valence-corrected chi connectivity index (χ4v) is 1.95. The van der Waals surface area contributed by atoms with Gasteiger partial charge >= 0.3 is 0 Å². The molecule has 1 saturated carbocycles. The van der Waals surface area contributed by atoms with Gasteiger partial charge in [0.1, 0.15) is 0 Å². The van der Waals surface area contributed by atoms with E-state index in [1.165, 1.54) is 19.3 Å². The second-order valence-electron chi connectivity index (χ2n) is 3.69. The summed E-state index contributed by atoms with van der Waals surface area (Å²) >= 11 is 3.38. The molecular weight excluding hydrogens is 228 g/mol. The van der Waals surface area contributed by atoms with Crippen molar-refractivity contribution in [2.24, 2.45) is 5.92 Å². The van der Waals surface area contributed by atoms with E-state index in [1.54, 1.807) is 0 Å². The van der Waals surface area contributed by atoms with Gasteiger partial charge in [0.25, 0.3) is 0 Å². The van der Waals surface area contributed by atoms with Gasteiger partial charge in [0.05, 0.1) is 6.10 Å². The van der Waals surface area contributed by atoms with Crippen LogP contribution < -0.4 is 0 Å². The van der Waals surface area contributed by atoms with Crippen LogP contribution in [0.25, 0.3) is 0 Å². The molecule has 1 fully saturated rings. The Kier molecular flexibility index (Phi) is 2.70. The van der Waals surface area contributed by atoms with Crippen molar-refractivity contribution in [1.29, 1.82) is 0 Å². The summed E-state index contributed by atoms with van der Waals surface area (Å²) in [5.41, 5.74) is 1.05. The van der Waals surface area contributed by atoms with Crippen molar-refractivity contribution in [2.45, 2.75) is 25.4 Å². The van der Waals surface area contributed by atoms with E-state index in [1.807, 2.05) is 24.3 Å². The second-order valence-corrected chi connectivity index (χ2v) is 4.60. The molecule has 1 N–H and O–H groups in total. The fraction of sp³-hybridized carbons (Fsp3) is 0.455. The van der Waals surface area contributed by atoms with E-state index in [-0.39, 0.29) is 6.10 Å². The first-order valence-corrected chi connectivity index (χ1v) is 5.50. The van der Waals surface area contributed by atoms with Crippen LogP contribution >= 0.6 is 15.9 Å². The molecule has 0 radical (unpaired) electrons. The van der Waals surface area contributed by atoms with E-state index >= 15 is 0 Å². The molecule has 70 valence electrons. The third-order valence-electron chi connectivity index (χ3n) is 2.81. The standard InChI is InChI=1S/C11H13BrO/c12-10-6-4-9(5-7-10)11(13)8-2-1-3-8/h4-8,11,13H,1-3H2/t11-/m1/s1. The van der Waals surface area contributed by atoms with Crippen molar-refractivity contribution in [2.75, 3.05) is 0 Å². The predicted octanol–water partition coefficient (Wildman–Crippen LogP) is 3.28. The molecule has 0 aliphatic heterocycles. The van der Waals surface area contributed by atoms with Crippen molar-refractivity contribution in [3.8, 4) is 0 Å². The third-order valence-corrected chi connectivity index (χ3v) is 3.34. The summed E-state index contributed by atoms with van der Waals surface area (Å²) in [4.78, 5) is 0. The quantitative estimate of drug-likeness (QED) is 0.842. The average molecular weight is 241 g/mol. The molecular formula is C11H13BrO. The first kappa shape index (κ1) is 9.22. The number of aliphatic hydroxyl groups excluding tert-OH is 1. The molecule has 0 aromatic heterocycles. The normalized spacial score (nSPS) is 19.5. The summed E-state index contributed by atoms with van der Waals surface area (Å²) in [5, 5.41) is 9.92. The lowest BCUT2D eigenvalue weighted by Gasteiger charge is -2.30. The van der Waals surface area contributed by atoms with Crippen molar-refractivity contribution >= 4 is 15.9 Å². The Balaban J connectivity index is 2.10. The Hall–Kier alpha value is -0.340. The van der Waals surface area contributed by atoms with Gasteiger partial charge in [0.15, 0.2) is 0 Å². The summed E-state index contributed by atoms with van der Waals surface area (Å²) in [5.74, 6) is 0.501. The highest BCUT2D eigenvalue weighted by atomic mass is 79.9. The van der Waals surface area contributed by atoms with Crippen LogP contribution in [0.5, 0.6) is 0 Å². The molecule has 1 aromatic carbocycles. The highest BCUT2D eigenvalue weighted by Crippen LogP contribution is 2.37. The largest absolute Gasteiger partial charge is 0.388 e. The first-order chi connectivity index (χ1) is 6.27. The molecule has 0 spiro atoms. The van der Waals surface area contributed by atoms with Crippen molar-refractivity contribution in [3.05, 3.63) is 34.3 Å². The smallest absolute Gasteiger partial charge is 0.0818 e. The minimum atomic E-state index is -0.248. The lowest BCUT2D eigenvalue weighted by molar-refractivity contribution is 0.0621. The Morgan fingerprint density at radius 3 is 2.31 bits per heavy atom. The van der Waals surface area contributed by atoms with E-state index in [0.29, 0.717) is 5.92 Å². The van der Waals surface area contributed by atoms with Gasteiger partial charge in [-0.05, 0) is 36.5 Å². The van der Waals surface area contributed by atoms with E-state index in [4.69, 9.17) is 0 Å². The van der Waals surface area contributed by atoms with Crippen LogP contribution in [-0.2, 0) is 0 Å². The maximum atomic E-state index is 9.92. The van der Waals surface area contributed by atoms with Crippen LogP contribution in [0.4, 0.5) is 0 Å². The van der Waals surface area contributed by atoms with Crippen molar-refractivity contribution in [1.82, 2.24) is 0 Å². The van der Waals surface area contributed by atoms with E-state index < -0.39 is 0 Å². The summed E-state index contributed by atoms with van der Waals surface area (Å²) in [7, 11) is 0. The lowest BCUT2D eigenvalue weighted by atomic mass is 9.79. The maximum Gasteiger partial charge on any atom is 0.0818 e. The molecule has 0 bridgehead atoms. The Labute approximate surface area is 86.9 Å². The third kappa shape index (κ3) is 1.94. The molecule has 0 unspecified atom stereocenters. The van der Waals surface area contributed by atoms with Gasteiger partial charge in [0.2, 0.25) is 0 Å². The molecule has 0 heterocycles. The zero-order chi connectivity index (χ0) is 9.26. The molecule has 0 saturated heterocycles. The van der Waals surface area contributed by atoms with Crippen LogP contribution in [0.2, 0.25) is 0 Å². The van der Waals surface area contributed by atoms with Gasteiger partial charge in [-0.1, -0.05) is 34.5 Å². The number of rotatable bonds is 2. The van der Waals surface area contributed by atoms with Gasteiger partial charge in [0, 0.05) is 4.47 Å². The zero-order valence-corrected chi connectivity index (χ0v) is 9.00. The van der Waals surface area contributed by atoms with Crippen LogP contribution in [0.1, 0.15) is 30.9 Å². The first-order valence-electron chi connectivity index (χ1n) is 4.71. The van der Waals surface area contributed by atoms with Crippen molar-refractivity contribution < 1.29 is 5.11 Å². The number of aliphatic hydroxyl groups is 1. The maximum absolute atomic E-state index is 9.92. The minimum absolute atomic E-state index is 0.248. The minimum Gasteiger partial charge on any atom is -0.388 e. The van der Waals surface area contributed by atoms with E-state index in [0.717, 1.165) is 10.0 Å². The monoisotopic (exact) mass is 240 g/mol. The van der Waals surface area contributed by atoms with E-state index in [9.17, 15) is 5.11 Å². The molecule has 1 aliphatic carbocycles. The van der Waals surface area contributed by atoms with Crippen LogP contribution in [-0.4, -0.2) is 5.11 Å². The Morgan fingerprint density at radius 1 is 1.23 bits per heavy atom. The van der Waals surface area contributed by atoms with Gasteiger partial charge in [-0.15, -0.1) is 0 Å². The van der Waals surface area contributed by atoms with Crippen LogP contribution in [0.15, 0.2) is 28.7 Å². The number of halogens is 1. The summed E-state index contributed by atoms with van der Waals surface area (Å²) < 4.78 is 1.07. The highest BCUT2D eigenvalue weighted by molar-refractivity contribution is 9.10. The van der Waals surface area contributed by atoms with Gasteiger partial charge in [-0.3, -0.25) is 0 Å². The molecule has 1 aliphatic rings. The molecule has 1 aromatic rings. The molecule has 2 rings (SSSR count). The SMILES string of the molecule is O[C@@H](c1ccc(Br)cc1)C1CCC1. The van der Waals surface area contributed by atoms with E-state index in [2.05, 4.69) is 15.9 Å². The van der Waals surface area contributed by atoms with Gasteiger partial charge in [-0.25, -0.2) is 0 Å². The molecule has 2 heteroatoms. The average Bonchev–Trinajstić information content (AvgIpc) is 2.02. The molecule has 1 atom stereocenters. The predicted molar refractivity (Wildman–Crippen MR) is 56.4 cm³/mol. The molecule has 0 amide bonds. The number of hydrogen-bond donors (Lipinski definition) is 1. The fourth-order valence-electron chi connectivity index (χ4n) is 1.69. The summed E-state index contributed by atoms with van der Waals surface area (Å²) in [6, 6.07) is 7.95. The van der Waals surface area contributed by atoms with Crippen LogP contribution in [0.3, 0.4) is 0 Å². The lowest BCUT2D eigenvalue weighted by Crippen LogP contribution is -2.19. The summed E-state index contributed by atoms with van der Waals surface area (Å²) in [6.45, 7) is 0. The summed E-state index contributed by atoms with van der Waals surface area (Å²) in [6.07, 6.45) is 3.38. The number of benzene rings is 1. The Morgan fingerprint density at radius 2 is 1.85 bits per heavy atom. The second kappa shape index (κ2) is 3.81.